The lowest BCUT2D eigenvalue weighted by Crippen LogP contribution is -2.12. The summed E-state index contributed by atoms with van der Waals surface area (Å²) >= 11 is 0. The summed E-state index contributed by atoms with van der Waals surface area (Å²) in [4.78, 5) is 8.41. The molecule has 3 N–H and O–H groups in total. The van der Waals surface area contributed by atoms with E-state index < -0.39 is 5.82 Å². The molecule has 0 aliphatic carbocycles. The maximum atomic E-state index is 14.0. The first-order valence-corrected chi connectivity index (χ1v) is 8.76. The van der Waals surface area contributed by atoms with Crippen molar-refractivity contribution in [2.45, 2.75) is 6.54 Å². The molecule has 2 aromatic heterocycles. The Kier molecular flexibility index (Phi) is 4.76. The zero-order valence-electron chi connectivity index (χ0n) is 15.3. The van der Waals surface area contributed by atoms with Crippen molar-refractivity contribution in [3.63, 3.8) is 0 Å². The number of hydrogen-bond donors (Lipinski definition) is 2. The minimum atomic E-state index is -0.418. The average molecular weight is 378 g/mol. The molecule has 7 nitrogen and oxygen atoms in total. The van der Waals surface area contributed by atoms with Crippen molar-refractivity contribution in [3.8, 4) is 17.0 Å². The summed E-state index contributed by atoms with van der Waals surface area (Å²) in [6.07, 6.45) is 1.40. The molecule has 0 aliphatic rings. The summed E-state index contributed by atoms with van der Waals surface area (Å²) in [5, 5.41) is 8.57. The summed E-state index contributed by atoms with van der Waals surface area (Å²) in [6.45, 7) is 1.19. The molecule has 0 saturated carbocycles. The quantitative estimate of drug-likeness (QED) is 0.535. The third-order valence-electron chi connectivity index (χ3n) is 4.37. The van der Waals surface area contributed by atoms with Crippen LogP contribution in [0.2, 0.25) is 0 Å². The molecule has 0 radical (unpaired) electrons. The van der Waals surface area contributed by atoms with Gasteiger partial charge in [0.2, 0.25) is 0 Å². The molecule has 0 bridgehead atoms. The average Bonchev–Trinajstić information content (AvgIpc) is 3.08. The summed E-state index contributed by atoms with van der Waals surface area (Å²) in [5.74, 6) is 0.280. The van der Waals surface area contributed by atoms with Crippen LogP contribution in [0.3, 0.4) is 0 Å². The van der Waals surface area contributed by atoms with Gasteiger partial charge in [0.15, 0.2) is 5.65 Å². The van der Waals surface area contributed by atoms with Gasteiger partial charge in [-0.15, -0.1) is 0 Å². The molecule has 28 heavy (non-hydrogen) atoms. The van der Waals surface area contributed by atoms with Crippen LogP contribution in [0.1, 0.15) is 0 Å². The van der Waals surface area contributed by atoms with Gasteiger partial charge in [0.05, 0.1) is 19.0 Å². The second-order valence-corrected chi connectivity index (χ2v) is 6.20. The first-order valence-electron chi connectivity index (χ1n) is 8.76. The fraction of sp³-hybridized carbons (Fsp3) is 0.150. The second kappa shape index (κ2) is 7.51. The van der Waals surface area contributed by atoms with Crippen LogP contribution in [0.4, 0.5) is 15.9 Å². The third kappa shape index (κ3) is 3.44. The van der Waals surface area contributed by atoms with Crippen molar-refractivity contribution in [3.05, 3.63) is 60.7 Å². The zero-order chi connectivity index (χ0) is 19.5. The molecular weight excluding hydrogens is 359 g/mol. The highest BCUT2D eigenvalue weighted by atomic mass is 19.1. The Morgan fingerprint density at radius 1 is 1.14 bits per heavy atom. The van der Waals surface area contributed by atoms with Gasteiger partial charge in [0, 0.05) is 23.9 Å². The molecule has 0 unspecified atom stereocenters. The van der Waals surface area contributed by atoms with E-state index in [1.54, 1.807) is 10.7 Å². The van der Waals surface area contributed by atoms with E-state index in [1.807, 2.05) is 30.3 Å². The number of fused-ring (bicyclic) bond motifs is 1. The van der Waals surface area contributed by atoms with E-state index in [-0.39, 0.29) is 0 Å². The van der Waals surface area contributed by atoms with E-state index in [0.717, 1.165) is 5.69 Å². The lowest BCUT2D eigenvalue weighted by Gasteiger charge is -2.06. The van der Waals surface area contributed by atoms with E-state index in [4.69, 9.17) is 10.5 Å². The fourth-order valence-electron chi connectivity index (χ4n) is 3.07. The number of methoxy groups -OCH3 is 1. The highest BCUT2D eigenvalue weighted by molar-refractivity contribution is 5.98. The largest absolute Gasteiger partial charge is 0.497 e. The number of benzene rings is 2. The number of ether oxygens (including phenoxy) is 1. The van der Waals surface area contributed by atoms with Crippen molar-refractivity contribution in [2.75, 3.05) is 24.7 Å². The number of nitrogens with two attached hydrogens (primary N) is 1. The van der Waals surface area contributed by atoms with Crippen LogP contribution in [-0.2, 0) is 6.54 Å². The van der Waals surface area contributed by atoms with Gasteiger partial charge in [0.1, 0.15) is 29.4 Å². The van der Waals surface area contributed by atoms with Gasteiger partial charge in [-0.05, 0) is 24.3 Å². The number of aromatic nitrogens is 4. The predicted molar refractivity (Wildman–Crippen MR) is 107 cm³/mol. The van der Waals surface area contributed by atoms with Gasteiger partial charge in [-0.1, -0.05) is 18.2 Å². The fourth-order valence-corrected chi connectivity index (χ4v) is 3.07. The van der Waals surface area contributed by atoms with Crippen molar-refractivity contribution < 1.29 is 9.13 Å². The normalized spacial score (nSPS) is 10.9. The summed E-state index contributed by atoms with van der Waals surface area (Å²) < 4.78 is 20.9. The molecule has 0 fully saturated rings. The number of nitrogens with one attached hydrogen (secondary N) is 1. The lowest BCUT2D eigenvalue weighted by atomic mass is 10.1. The number of nitrogens with zero attached hydrogens (tertiary/aromatic N) is 4. The van der Waals surface area contributed by atoms with Crippen LogP contribution in [0.15, 0.2) is 54.9 Å². The number of rotatable bonds is 6. The Bertz CT molecular complexity index is 1110. The Hall–Kier alpha value is -3.68. The first kappa shape index (κ1) is 17.7. The van der Waals surface area contributed by atoms with E-state index in [2.05, 4.69) is 20.4 Å². The molecule has 2 heterocycles. The van der Waals surface area contributed by atoms with Crippen LogP contribution in [0, 0.1) is 5.82 Å². The number of para-hydroxylation sites is 1. The molecular formula is C20H19FN6O. The van der Waals surface area contributed by atoms with Crippen LogP contribution in [-0.4, -0.2) is 33.4 Å². The topological polar surface area (TPSA) is 90.9 Å². The minimum Gasteiger partial charge on any atom is -0.497 e. The van der Waals surface area contributed by atoms with E-state index in [9.17, 15) is 4.39 Å². The summed E-state index contributed by atoms with van der Waals surface area (Å²) in [7, 11) is 1.49. The van der Waals surface area contributed by atoms with E-state index in [0.29, 0.717) is 46.9 Å². The monoisotopic (exact) mass is 378 g/mol. The number of nitrogen functional groups attached to an aromatic ring is 1. The standard InChI is InChI=1S/C20H19FN6O/c1-28-16-10-13(9-14(21)11-16)18-17-19(22)24-12-25-20(17)27(26-18)8-7-23-15-5-3-2-4-6-15/h2-6,9-12,23H,7-8H2,1H3,(H2,22,24,25). The van der Waals surface area contributed by atoms with E-state index >= 15 is 0 Å². The SMILES string of the molecule is COc1cc(F)cc(-c2nn(CCNc3ccccc3)c3ncnc(N)c23)c1. The van der Waals surface area contributed by atoms with Crippen LogP contribution in [0.25, 0.3) is 22.3 Å². The van der Waals surface area contributed by atoms with Gasteiger partial charge in [-0.3, -0.25) is 0 Å². The van der Waals surface area contributed by atoms with Crippen molar-refractivity contribution in [2.24, 2.45) is 0 Å². The van der Waals surface area contributed by atoms with Crippen LogP contribution < -0.4 is 15.8 Å². The van der Waals surface area contributed by atoms with Crippen LogP contribution >= 0.6 is 0 Å². The van der Waals surface area contributed by atoms with Crippen molar-refractivity contribution in [1.29, 1.82) is 0 Å². The molecule has 4 rings (SSSR count). The Morgan fingerprint density at radius 3 is 2.75 bits per heavy atom. The number of hydrogen-bond acceptors (Lipinski definition) is 6. The second-order valence-electron chi connectivity index (χ2n) is 6.20. The summed E-state index contributed by atoms with van der Waals surface area (Å²) in [5.41, 5.74) is 8.78. The number of halogens is 1. The van der Waals surface area contributed by atoms with Gasteiger partial charge in [0.25, 0.3) is 0 Å². The molecule has 0 aliphatic heterocycles. The first-order chi connectivity index (χ1) is 13.7. The maximum absolute atomic E-state index is 14.0. The molecule has 142 valence electrons. The maximum Gasteiger partial charge on any atom is 0.164 e. The van der Waals surface area contributed by atoms with Gasteiger partial charge < -0.3 is 15.8 Å². The lowest BCUT2D eigenvalue weighted by molar-refractivity contribution is 0.411. The van der Waals surface area contributed by atoms with Crippen molar-refractivity contribution in [1.82, 2.24) is 19.7 Å². The molecule has 4 aromatic rings. The summed E-state index contributed by atoms with van der Waals surface area (Å²) in [6, 6.07) is 14.3. The zero-order valence-corrected chi connectivity index (χ0v) is 15.3. The highest BCUT2D eigenvalue weighted by Crippen LogP contribution is 2.32. The minimum absolute atomic E-state index is 0.297. The Balaban J connectivity index is 1.71. The molecule has 0 saturated heterocycles. The molecule has 0 spiro atoms. The van der Waals surface area contributed by atoms with Crippen LogP contribution in [0.5, 0.6) is 5.75 Å². The van der Waals surface area contributed by atoms with Gasteiger partial charge in [-0.25, -0.2) is 19.0 Å². The Labute approximate surface area is 161 Å². The van der Waals surface area contributed by atoms with Gasteiger partial charge >= 0.3 is 0 Å². The van der Waals surface area contributed by atoms with Crippen molar-refractivity contribution >= 4 is 22.5 Å². The highest BCUT2D eigenvalue weighted by Gasteiger charge is 2.18. The molecule has 2 aromatic carbocycles. The third-order valence-corrected chi connectivity index (χ3v) is 4.37. The molecule has 0 amide bonds. The molecule has 8 heteroatoms. The predicted octanol–water partition coefficient (Wildman–Crippen LogP) is 3.34. The molecule has 0 atom stereocenters. The Morgan fingerprint density at radius 2 is 1.96 bits per heavy atom. The number of anilines is 2. The van der Waals surface area contributed by atoms with E-state index in [1.165, 1.54) is 25.6 Å². The van der Waals surface area contributed by atoms with Gasteiger partial charge in [-0.2, -0.15) is 5.10 Å². The smallest absolute Gasteiger partial charge is 0.164 e.